The third-order valence-corrected chi connectivity index (χ3v) is 5.79. The Hall–Kier alpha value is -5.53. The normalized spacial score (nSPS) is 11.3. The second kappa shape index (κ2) is 11.3. The molecule has 0 unspecified atom stereocenters. The summed E-state index contributed by atoms with van der Waals surface area (Å²) in [6.45, 7) is 0.0829. The fourth-order valence-corrected chi connectivity index (χ4v) is 3.79. The SMILES string of the molecule is O=[N+]([O-])c1cc(-c2nnn(-c3ccc(C(F)(F)F)c[n+]3[O-])n2)cc(OCc2ccccc2)c1OCc1ccccc1. The van der Waals surface area contributed by atoms with Crippen LogP contribution in [-0.2, 0) is 19.4 Å². The number of ether oxygens (including phenoxy) is 2. The van der Waals surface area contributed by atoms with Gasteiger partial charge in [0.2, 0.25) is 11.6 Å². The molecule has 2 heterocycles. The van der Waals surface area contributed by atoms with E-state index < -0.39 is 22.4 Å². The van der Waals surface area contributed by atoms with Gasteiger partial charge in [0.25, 0.3) is 0 Å². The number of alkyl halides is 3. The summed E-state index contributed by atoms with van der Waals surface area (Å²) in [5, 5.41) is 36.0. The monoisotopic (exact) mass is 564 g/mol. The highest BCUT2D eigenvalue weighted by Gasteiger charge is 2.33. The minimum atomic E-state index is -4.72. The number of tetrazole rings is 1. The minimum Gasteiger partial charge on any atom is -0.710 e. The predicted molar refractivity (Wildman–Crippen MR) is 137 cm³/mol. The Bertz CT molecular complexity index is 1680. The molecule has 0 aliphatic rings. The summed E-state index contributed by atoms with van der Waals surface area (Å²) < 4.78 is 50.6. The van der Waals surface area contributed by atoms with E-state index in [1.165, 1.54) is 6.07 Å². The lowest BCUT2D eigenvalue weighted by atomic mass is 10.1. The van der Waals surface area contributed by atoms with Gasteiger partial charge in [0.15, 0.2) is 5.75 Å². The molecule has 0 radical (unpaired) electrons. The quantitative estimate of drug-likeness (QED) is 0.105. The van der Waals surface area contributed by atoms with Gasteiger partial charge >= 0.3 is 17.7 Å². The standard InChI is InChI=1S/C27H19F3N6O5/c28-27(29,30)21-11-12-24(34(37)15-21)35-32-26(31-33-35)20-13-22(36(38)39)25(41-17-19-9-5-2-6-10-19)23(14-20)40-16-18-7-3-1-4-8-18/h1-15H,16-17H2. The Kier molecular flexibility index (Phi) is 7.45. The van der Waals surface area contributed by atoms with Crippen LogP contribution in [-0.4, -0.2) is 25.1 Å². The molecule has 0 saturated carbocycles. The van der Waals surface area contributed by atoms with Crippen molar-refractivity contribution in [2.45, 2.75) is 19.4 Å². The average molecular weight is 564 g/mol. The highest BCUT2D eigenvalue weighted by molar-refractivity contribution is 5.69. The molecular weight excluding hydrogens is 545 g/mol. The summed E-state index contributed by atoms with van der Waals surface area (Å²) in [5.74, 6) is -0.605. The zero-order valence-electron chi connectivity index (χ0n) is 20.9. The first-order valence-corrected chi connectivity index (χ1v) is 12.0. The maximum atomic E-state index is 12.9. The van der Waals surface area contributed by atoms with Crippen LogP contribution in [0, 0.1) is 15.3 Å². The summed E-state index contributed by atoms with van der Waals surface area (Å²) in [4.78, 5) is 12.2. The zero-order chi connectivity index (χ0) is 29.0. The van der Waals surface area contributed by atoms with Gasteiger partial charge in [-0.15, -0.1) is 0 Å². The van der Waals surface area contributed by atoms with Gasteiger partial charge in [-0.1, -0.05) is 65.8 Å². The van der Waals surface area contributed by atoms with E-state index in [4.69, 9.17) is 9.47 Å². The van der Waals surface area contributed by atoms with Gasteiger partial charge in [-0.25, -0.2) is 4.73 Å². The van der Waals surface area contributed by atoms with Gasteiger partial charge in [0.1, 0.15) is 19.4 Å². The Balaban J connectivity index is 1.52. The first-order valence-electron chi connectivity index (χ1n) is 12.0. The minimum absolute atomic E-state index is 0.0224. The topological polar surface area (TPSA) is 132 Å². The number of hydrogen-bond donors (Lipinski definition) is 0. The van der Waals surface area contributed by atoms with Crippen LogP contribution in [0.4, 0.5) is 18.9 Å². The number of nitrogens with zero attached hydrogens (tertiary/aromatic N) is 6. The second-order valence-electron chi connectivity index (χ2n) is 8.63. The number of nitro groups is 1. The molecule has 0 saturated heterocycles. The Labute approximate surface area is 229 Å². The van der Waals surface area contributed by atoms with Crippen molar-refractivity contribution < 1.29 is 32.3 Å². The molecule has 0 aliphatic heterocycles. The van der Waals surface area contributed by atoms with Crippen molar-refractivity contribution in [2.24, 2.45) is 0 Å². The molecule has 0 N–H and O–H groups in total. The van der Waals surface area contributed by atoms with E-state index in [1.54, 1.807) is 24.3 Å². The highest BCUT2D eigenvalue weighted by atomic mass is 19.4. The summed E-state index contributed by atoms with van der Waals surface area (Å²) in [6, 6.07) is 22.3. The molecule has 0 spiro atoms. The van der Waals surface area contributed by atoms with Crippen molar-refractivity contribution in [1.82, 2.24) is 20.2 Å². The van der Waals surface area contributed by atoms with Crippen molar-refractivity contribution in [3.05, 3.63) is 123 Å². The molecule has 14 heteroatoms. The molecule has 5 rings (SSSR count). The van der Waals surface area contributed by atoms with Crippen molar-refractivity contribution in [3.8, 4) is 28.7 Å². The summed E-state index contributed by atoms with van der Waals surface area (Å²) >= 11 is 0. The fraction of sp³-hybridized carbons (Fsp3) is 0.111. The van der Waals surface area contributed by atoms with E-state index in [2.05, 4.69) is 15.4 Å². The fourth-order valence-electron chi connectivity index (χ4n) is 3.79. The van der Waals surface area contributed by atoms with Gasteiger partial charge in [-0.2, -0.15) is 13.2 Å². The Morgan fingerprint density at radius 3 is 2.12 bits per heavy atom. The van der Waals surface area contributed by atoms with E-state index in [9.17, 15) is 28.5 Å². The van der Waals surface area contributed by atoms with Crippen LogP contribution in [0.3, 0.4) is 0 Å². The molecule has 5 aromatic rings. The Morgan fingerprint density at radius 2 is 1.54 bits per heavy atom. The van der Waals surface area contributed by atoms with Crippen LogP contribution < -0.4 is 14.2 Å². The van der Waals surface area contributed by atoms with Crippen LogP contribution in [0.1, 0.15) is 16.7 Å². The lowest BCUT2D eigenvalue weighted by Gasteiger charge is -2.14. The van der Waals surface area contributed by atoms with E-state index in [0.717, 1.165) is 28.1 Å². The number of benzene rings is 3. The highest BCUT2D eigenvalue weighted by Crippen LogP contribution is 2.41. The third kappa shape index (κ3) is 6.21. The number of aromatic nitrogens is 5. The molecule has 3 aromatic carbocycles. The van der Waals surface area contributed by atoms with E-state index in [-0.39, 0.29) is 46.6 Å². The van der Waals surface area contributed by atoms with Crippen LogP contribution in [0.15, 0.2) is 91.1 Å². The first kappa shape index (κ1) is 27.1. The molecule has 0 amide bonds. The smallest absolute Gasteiger partial charge is 0.419 e. The van der Waals surface area contributed by atoms with Crippen LogP contribution in [0.5, 0.6) is 11.5 Å². The molecule has 2 aromatic heterocycles. The number of pyridine rings is 1. The number of halogens is 3. The molecular formula is C27H19F3N6O5. The van der Waals surface area contributed by atoms with Crippen LogP contribution in [0.25, 0.3) is 17.2 Å². The maximum absolute atomic E-state index is 12.9. The van der Waals surface area contributed by atoms with Gasteiger partial charge < -0.3 is 14.7 Å². The molecule has 0 aliphatic carbocycles. The molecule has 0 fully saturated rings. The third-order valence-electron chi connectivity index (χ3n) is 5.79. The summed E-state index contributed by atoms with van der Waals surface area (Å²) in [5.41, 5.74) is 0.0695. The predicted octanol–water partition coefficient (Wildman–Crippen LogP) is 5.05. The van der Waals surface area contributed by atoms with Crippen molar-refractivity contribution in [2.75, 3.05) is 0 Å². The van der Waals surface area contributed by atoms with Crippen LogP contribution >= 0.6 is 0 Å². The number of rotatable bonds is 9. The number of nitro benzene ring substituents is 1. The van der Waals surface area contributed by atoms with E-state index >= 15 is 0 Å². The largest absolute Gasteiger partial charge is 0.710 e. The van der Waals surface area contributed by atoms with Crippen molar-refractivity contribution >= 4 is 5.69 Å². The first-order chi connectivity index (χ1) is 19.7. The summed E-state index contributed by atoms with van der Waals surface area (Å²) in [7, 11) is 0. The van der Waals surface area contributed by atoms with Crippen molar-refractivity contribution in [1.29, 1.82) is 0 Å². The summed E-state index contributed by atoms with van der Waals surface area (Å²) in [6.07, 6.45) is -4.37. The molecule has 0 bridgehead atoms. The molecule has 0 atom stereocenters. The van der Waals surface area contributed by atoms with Crippen LogP contribution in [0.2, 0.25) is 0 Å². The lowest BCUT2D eigenvalue weighted by molar-refractivity contribution is -0.602. The van der Waals surface area contributed by atoms with E-state index in [1.807, 2.05) is 36.4 Å². The lowest BCUT2D eigenvalue weighted by Crippen LogP contribution is -2.34. The number of hydrogen-bond acceptors (Lipinski definition) is 8. The van der Waals surface area contributed by atoms with Crippen molar-refractivity contribution in [3.63, 3.8) is 0 Å². The van der Waals surface area contributed by atoms with Gasteiger partial charge in [0, 0.05) is 22.5 Å². The molecule has 208 valence electrons. The van der Waals surface area contributed by atoms with Gasteiger partial charge in [-0.3, -0.25) is 10.1 Å². The molecule has 11 nitrogen and oxygen atoms in total. The second-order valence-corrected chi connectivity index (χ2v) is 8.63. The van der Waals surface area contributed by atoms with E-state index in [0.29, 0.717) is 12.3 Å². The maximum Gasteiger partial charge on any atom is 0.419 e. The molecule has 41 heavy (non-hydrogen) atoms. The van der Waals surface area contributed by atoms with Gasteiger partial charge in [0.05, 0.1) is 15.7 Å². The average Bonchev–Trinajstić information content (AvgIpc) is 3.45. The zero-order valence-corrected chi connectivity index (χ0v) is 20.9. The Morgan fingerprint density at radius 1 is 0.902 bits per heavy atom. The van der Waals surface area contributed by atoms with Gasteiger partial charge in [-0.05, 0) is 28.4 Å².